The van der Waals surface area contributed by atoms with Gasteiger partial charge in [-0.15, -0.1) is 0 Å². The van der Waals surface area contributed by atoms with E-state index in [1.807, 2.05) is 4.90 Å². The molecule has 1 aliphatic heterocycles. The number of carbonyl (C=O) groups is 1. The zero-order valence-electron chi connectivity index (χ0n) is 10.1. The number of carboxylic acids is 1. The molecule has 0 spiro atoms. The number of nitrogens with zero attached hydrogens (tertiary/aromatic N) is 1. The standard InChI is InChI=1S/C13H15F2NO2/c1-13(12(17)18)4-5-16(8-13)7-9-2-3-10(14)11(15)6-9/h2-3,6H,4-5,7-8H2,1H3,(H,17,18). The largest absolute Gasteiger partial charge is 0.481 e. The van der Waals surface area contributed by atoms with E-state index in [2.05, 4.69) is 0 Å². The molecule has 1 N–H and O–H groups in total. The van der Waals surface area contributed by atoms with Crippen molar-refractivity contribution >= 4 is 5.97 Å². The van der Waals surface area contributed by atoms with Crippen LogP contribution in [0.15, 0.2) is 18.2 Å². The summed E-state index contributed by atoms with van der Waals surface area (Å²) in [7, 11) is 0. The zero-order valence-corrected chi connectivity index (χ0v) is 10.1. The first-order valence-electron chi connectivity index (χ1n) is 5.80. The van der Waals surface area contributed by atoms with E-state index in [0.29, 0.717) is 31.6 Å². The van der Waals surface area contributed by atoms with Gasteiger partial charge in [0.15, 0.2) is 11.6 Å². The first-order chi connectivity index (χ1) is 8.40. The fraction of sp³-hybridized carbons (Fsp3) is 0.462. The second-order valence-electron chi connectivity index (χ2n) is 5.07. The predicted octanol–water partition coefficient (Wildman–Crippen LogP) is 2.26. The minimum Gasteiger partial charge on any atom is -0.481 e. The molecule has 0 aliphatic carbocycles. The summed E-state index contributed by atoms with van der Waals surface area (Å²) >= 11 is 0. The number of aliphatic carboxylic acids is 1. The van der Waals surface area contributed by atoms with Gasteiger partial charge in [-0.05, 0) is 37.6 Å². The monoisotopic (exact) mass is 255 g/mol. The summed E-state index contributed by atoms with van der Waals surface area (Å²) in [5.41, 5.74) is -0.0815. The molecule has 98 valence electrons. The Hall–Kier alpha value is -1.49. The first-order valence-corrected chi connectivity index (χ1v) is 5.80. The van der Waals surface area contributed by atoms with Gasteiger partial charge in [0.25, 0.3) is 0 Å². The van der Waals surface area contributed by atoms with Crippen molar-refractivity contribution in [3.8, 4) is 0 Å². The summed E-state index contributed by atoms with van der Waals surface area (Å²) in [4.78, 5) is 13.0. The van der Waals surface area contributed by atoms with Crippen molar-refractivity contribution in [3.63, 3.8) is 0 Å². The van der Waals surface area contributed by atoms with Crippen LogP contribution >= 0.6 is 0 Å². The van der Waals surface area contributed by atoms with E-state index in [9.17, 15) is 13.6 Å². The Bertz CT molecular complexity index is 478. The van der Waals surface area contributed by atoms with Crippen LogP contribution in [-0.2, 0) is 11.3 Å². The van der Waals surface area contributed by atoms with Gasteiger partial charge in [-0.3, -0.25) is 9.69 Å². The van der Waals surface area contributed by atoms with Gasteiger partial charge >= 0.3 is 5.97 Å². The molecule has 1 aromatic rings. The van der Waals surface area contributed by atoms with Crippen molar-refractivity contribution in [1.29, 1.82) is 0 Å². The molecule has 1 aromatic carbocycles. The van der Waals surface area contributed by atoms with Crippen LogP contribution in [0, 0.1) is 17.0 Å². The van der Waals surface area contributed by atoms with E-state index < -0.39 is 23.0 Å². The first kappa shape index (κ1) is 13.0. The summed E-state index contributed by atoms with van der Waals surface area (Å²) < 4.78 is 25.8. The van der Waals surface area contributed by atoms with E-state index in [-0.39, 0.29) is 0 Å². The second-order valence-corrected chi connectivity index (χ2v) is 5.07. The second kappa shape index (κ2) is 4.65. The number of carboxylic acid groups (broad SMARTS) is 1. The molecule has 2 rings (SSSR count). The Balaban J connectivity index is 2.03. The molecule has 0 bridgehead atoms. The Kier molecular flexibility index (Phi) is 3.34. The van der Waals surface area contributed by atoms with Gasteiger partial charge < -0.3 is 5.11 Å². The normalized spacial score (nSPS) is 24.4. The topological polar surface area (TPSA) is 40.5 Å². The highest BCUT2D eigenvalue weighted by Crippen LogP contribution is 2.31. The Labute approximate surface area is 104 Å². The number of hydrogen-bond donors (Lipinski definition) is 1. The predicted molar refractivity (Wildman–Crippen MR) is 62.0 cm³/mol. The van der Waals surface area contributed by atoms with E-state index in [0.717, 1.165) is 12.1 Å². The number of likely N-dealkylation sites (tertiary alicyclic amines) is 1. The van der Waals surface area contributed by atoms with Crippen LogP contribution in [0.4, 0.5) is 8.78 Å². The third kappa shape index (κ3) is 2.51. The maximum Gasteiger partial charge on any atom is 0.310 e. The molecule has 0 radical (unpaired) electrons. The maximum absolute atomic E-state index is 13.0. The average Bonchev–Trinajstić information content (AvgIpc) is 2.67. The lowest BCUT2D eigenvalue weighted by Crippen LogP contribution is -2.31. The highest BCUT2D eigenvalue weighted by molar-refractivity contribution is 5.74. The summed E-state index contributed by atoms with van der Waals surface area (Å²) in [5.74, 6) is -2.54. The summed E-state index contributed by atoms with van der Waals surface area (Å²) in [6.07, 6.45) is 0.575. The quantitative estimate of drug-likeness (QED) is 0.900. The highest BCUT2D eigenvalue weighted by Gasteiger charge is 2.40. The smallest absolute Gasteiger partial charge is 0.310 e. The average molecular weight is 255 g/mol. The molecule has 5 heteroatoms. The van der Waals surface area contributed by atoms with Crippen molar-refractivity contribution in [1.82, 2.24) is 4.90 Å². The van der Waals surface area contributed by atoms with Crippen LogP contribution in [-0.4, -0.2) is 29.1 Å². The SMILES string of the molecule is CC1(C(=O)O)CCN(Cc2ccc(F)c(F)c2)C1. The lowest BCUT2D eigenvalue weighted by Gasteiger charge is -2.20. The van der Waals surface area contributed by atoms with Gasteiger partial charge in [-0.1, -0.05) is 6.07 Å². The van der Waals surface area contributed by atoms with Gasteiger partial charge in [0.1, 0.15) is 0 Å². The van der Waals surface area contributed by atoms with Gasteiger partial charge in [-0.2, -0.15) is 0 Å². The molecule has 1 fully saturated rings. The lowest BCUT2D eigenvalue weighted by molar-refractivity contribution is -0.147. The molecule has 0 amide bonds. The van der Waals surface area contributed by atoms with Crippen LogP contribution in [0.1, 0.15) is 18.9 Å². The lowest BCUT2D eigenvalue weighted by atomic mass is 9.90. The summed E-state index contributed by atoms with van der Waals surface area (Å²) in [6, 6.07) is 3.78. The number of halogens is 2. The van der Waals surface area contributed by atoms with Crippen molar-refractivity contribution in [2.75, 3.05) is 13.1 Å². The van der Waals surface area contributed by atoms with Crippen LogP contribution in [0.3, 0.4) is 0 Å². The maximum atomic E-state index is 13.0. The molecule has 1 unspecified atom stereocenters. The molecule has 1 atom stereocenters. The Morgan fingerprint density at radius 3 is 2.72 bits per heavy atom. The minimum atomic E-state index is -0.868. The molecular formula is C13H15F2NO2. The summed E-state index contributed by atoms with van der Waals surface area (Å²) in [6.45, 7) is 3.24. The van der Waals surface area contributed by atoms with Crippen molar-refractivity contribution < 1.29 is 18.7 Å². The fourth-order valence-electron chi connectivity index (χ4n) is 2.26. The number of hydrogen-bond acceptors (Lipinski definition) is 2. The number of benzene rings is 1. The van der Waals surface area contributed by atoms with Crippen LogP contribution in [0.2, 0.25) is 0 Å². The van der Waals surface area contributed by atoms with E-state index >= 15 is 0 Å². The van der Waals surface area contributed by atoms with Crippen LogP contribution in [0.25, 0.3) is 0 Å². The zero-order chi connectivity index (χ0) is 13.3. The molecule has 18 heavy (non-hydrogen) atoms. The molecule has 1 heterocycles. The fourth-order valence-corrected chi connectivity index (χ4v) is 2.26. The minimum absolute atomic E-state index is 0.432. The van der Waals surface area contributed by atoms with Gasteiger partial charge in [0.05, 0.1) is 5.41 Å². The van der Waals surface area contributed by atoms with Crippen LogP contribution in [0.5, 0.6) is 0 Å². The molecule has 0 saturated carbocycles. The van der Waals surface area contributed by atoms with Crippen molar-refractivity contribution in [2.45, 2.75) is 19.9 Å². The Morgan fingerprint density at radius 1 is 1.44 bits per heavy atom. The van der Waals surface area contributed by atoms with E-state index in [1.54, 1.807) is 6.92 Å². The van der Waals surface area contributed by atoms with E-state index in [4.69, 9.17) is 5.11 Å². The van der Waals surface area contributed by atoms with Crippen LogP contribution < -0.4 is 0 Å². The number of rotatable bonds is 3. The molecule has 1 aliphatic rings. The molecular weight excluding hydrogens is 240 g/mol. The molecule has 1 saturated heterocycles. The third-order valence-electron chi connectivity index (χ3n) is 3.46. The van der Waals surface area contributed by atoms with Crippen molar-refractivity contribution in [2.24, 2.45) is 5.41 Å². The van der Waals surface area contributed by atoms with Gasteiger partial charge in [0.2, 0.25) is 0 Å². The van der Waals surface area contributed by atoms with Gasteiger partial charge in [0, 0.05) is 13.1 Å². The third-order valence-corrected chi connectivity index (χ3v) is 3.46. The van der Waals surface area contributed by atoms with Crippen molar-refractivity contribution in [3.05, 3.63) is 35.4 Å². The molecule has 0 aromatic heterocycles. The molecule has 3 nitrogen and oxygen atoms in total. The summed E-state index contributed by atoms with van der Waals surface area (Å²) in [5, 5.41) is 9.10. The Morgan fingerprint density at radius 2 is 2.17 bits per heavy atom. The van der Waals surface area contributed by atoms with E-state index in [1.165, 1.54) is 6.07 Å². The van der Waals surface area contributed by atoms with Gasteiger partial charge in [-0.25, -0.2) is 8.78 Å². The highest BCUT2D eigenvalue weighted by atomic mass is 19.2.